The highest BCUT2D eigenvalue weighted by Crippen LogP contribution is 2.43. The van der Waals surface area contributed by atoms with Gasteiger partial charge in [-0.05, 0) is 34.4 Å². The Morgan fingerprint density at radius 2 is 1.70 bits per heavy atom. The van der Waals surface area contributed by atoms with Crippen molar-refractivity contribution >= 4 is 5.91 Å². The lowest BCUT2D eigenvalue weighted by Crippen LogP contribution is -2.42. The van der Waals surface area contributed by atoms with Gasteiger partial charge >= 0.3 is 0 Å². The maximum absolute atomic E-state index is 14.4. The molecule has 37 heavy (non-hydrogen) atoms. The molecule has 3 heterocycles. The number of halogens is 2. The minimum absolute atomic E-state index is 0.0322. The summed E-state index contributed by atoms with van der Waals surface area (Å²) >= 11 is 0. The molecule has 6 nitrogen and oxygen atoms in total. The molecule has 8 heteroatoms. The summed E-state index contributed by atoms with van der Waals surface area (Å²) in [6.07, 6.45) is 3.77. The molecule has 1 aliphatic heterocycles. The van der Waals surface area contributed by atoms with Gasteiger partial charge in [-0.25, -0.2) is 8.78 Å². The number of hydrogen-bond donors (Lipinski definition) is 0. The van der Waals surface area contributed by atoms with Gasteiger partial charge in [-0.15, -0.1) is 0 Å². The van der Waals surface area contributed by atoms with E-state index in [1.807, 2.05) is 68.0 Å². The van der Waals surface area contributed by atoms with Crippen molar-refractivity contribution in [2.75, 3.05) is 6.54 Å². The molecule has 184 valence electrons. The molecule has 0 fully saturated rings. The zero-order chi connectivity index (χ0) is 25.5. The quantitative estimate of drug-likeness (QED) is 0.319. The molecule has 0 bridgehead atoms. The van der Waals surface area contributed by atoms with Crippen molar-refractivity contribution in [1.29, 1.82) is 0 Å². The van der Waals surface area contributed by atoms with Crippen LogP contribution in [0.2, 0.25) is 0 Å². The summed E-state index contributed by atoms with van der Waals surface area (Å²) in [6.45, 7) is 0.383. The third-order valence-electron chi connectivity index (χ3n) is 6.79. The van der Waals surface area contributed by atoms with Crippen LogP contribution in [-0.4, -0.2) is 32.3 Å². The van der Waals surface area contributed by atoms with Crippen molar-refractivity contribution < 1.29 is 18.1 Å². The van der Waals surface area contributed by atoms with Gasteiger partial charge in [0, 0.05) is 37.8 Å². The second kappa shape index (κ2) is 9.13. The van der Waals surface area contributed by atoms with Crippen molar-refractivity contribution in [2.45, 2.75) is 12.0 Å². The predicted octanol–water partition coefficient (Wildman–Crippen LogP) is 5.73. The number of carbonyl (C=O) groups is 1. The van der Waals surface area contributed by atoms with E-state index in [4.69, 9.17) is 4.52 Å². The van der Waals surface area contributed by atoms with Gasteiger partial charge in [-0.2, -0.15) is 5.10 Å². The normalized spacial score (nSPS) is 17.0. The topological polar surface area (TPSA) is 64.2 Å². The fraction of sp³-hybridized carbons (Fsp3) is 0.138. The lowest BCUT2D eigenvalue weighted by Gasteiger charge is -2.41. The van der Waals surface area contributed by atoms with E-state index >= 15 is 0 Å². The van der Waals surface area contributed by atoms with E-state index < -0.39 is 11.6 Å². The molecule has 2 unspecified atom stereocenters. The molecular formula is C29H22F2N4O2. The Hall–Kier alpha value is -4.59. The molecule has 3 aromatic carbocycles. The second-order valence-electron chi connectivity index (χ2n) is 9.10. The van der Waals surface area contributed by atoms with Gasteiger partial charge < -0.3 is 9.42 Å². The Bertz CT molecular complexity index is 1590. The van der Waals surface area contributed by atoms with Gasteiger partial charge in [0.2, 0.25) is 0 Å². The monoisotopic (exact) mass is 496 g/mol. The Labute approximate surface area is 211 Å². The molecule has 0 radical (unpaired) electrons. The van der Waals surface area contributed by atoms with E-state index in [-0.39, 0.29) is 34.9 Å². The van der Waals surface area contributed by atoms with E-state index in [0.29, 0.717) is 6.54 Å². The summed E-state index contributed by atoms with van der Waals surface area (Å²) in [4.78, 5) is 15.8. The average Bonchev–Trinajstić information content (AvgIpc) is 3.57. The second-order valence-corrected chi connectivity index (χ2v) is 9.10. The summed E-state index contributed by atoms with van der Waals surface area (Å²) in [6, 6.07) is 22.1. The predicted molar refractivity (Wildman–Crippen MR) is 133 cm³/mol. The number of aryl methyl sites for hydroxylation is 1. The van der Waals surface area contributed by atoms with Gasteiger partial charge in [-0.3, -0.25) is 9.48 Å². The number of nitrogens with zero attached hydrogens (tertiary/aromatic N) is 4. The number of carbonyl (C=O) groups excluding carboxylic acids is 1. The fourth-order valence-corrected chi connectivity index (χ4v) is 5.09. The van der Waals surface area contributed by atoms with Gasteiger partial charge in [-0.1, -0.05) is 59.8 Å². The number of rotatable bonds is 4. The van der Waals surface area contributed by atoms with Crippen molar-refractivity contribution in [3.63, 3.8) is 0 Å². The molecule has 0 N–H and O–H groups in total. The molecule has 2 atom stereocenters. The third kappa shape index (κ3) is 4.10. The van der Waals surface area contributed by atoms with Crippen molar-refractivity contribution in [2.24, 2.45) is 7.05 Å². The Balaban J connectivity index is 1.45. The van der Waals surface area contributed by atoms with Crippen LogP contribution >= 0.6 is 0 Å². The van der Waals surface area contributed by atoms with Crippen LogP contribution in [0.5, 0.6) is 0 Å². The molecular weight excluding hydrogens is 474 g/mol. The van der Waals surface area contributed by atoms with Crippen LogP contribution in [0.25, 0.3) is 11.3 Å². The van der Waals surface area contributed by atoms with E-state index in [2.05, 4.69) is 16.3 Å². The van der Waals surface area contributed by atoms with E-state index in [9.17, 15) is 13.6 Å². The minimum Gasteiger partial charge on any atom is -0.355 e. The summed E-state index contributed by atoms with van der Waals surface area (Å²) < 4.78 is 34.8. The zero-order valence-corrected chi connectivity index (χ0v) is 19.9. The number of benzene rings is 3. The van der Waals surface area contributed by atoms with Crippen molar-refractivity contribution in [1.82, 2.24) is 19.8 Å². The smallest absolute Gasteiger partial charge is 0.276 e. The largest absolute Gasteiger partial charge is 0.355 e. The molecule has 0 saturated carbocycles. The Morgan fingerprint density at radius 3 is 2.43 bits per heavy atom. The summed E-state index contributed by atoms with van der Waals surface area (Å²) in [5, 5.41) is 8.32. The number of hydrogen-bond acceptors (Lipinski definition) is 4. The number of aromatic nitrogens is 3. The van der Waals surface area contributed by atoms with E-state index in [1.165, 1.54) is 12.1 Å². The molecule has 6 rings (SSSR count). The molecule has 0 aliphatic carbocycles. The van der Waals surface area contributed by atoms with Crippen LogP contribution in [0.4, 0.5) is 8.78 Å². The van der Waals surface area contributed by atoms with Gasteiger partial charge in [0.15, 0.2) is 11.5 Å². The summed E-state index contributed by atoms with van der Waals surface area (Å²) in [5.41, 5.74) is 4.17. The first-order valence-electron chi connectivity index (χ1n) is 11.8. The Kier molecular flexibility index (Phi) is 5.64. The minimum atomic E-state index is -0.791. The fourth-order valence-electron chi connectivity index (χ4n) is 5.09. The molecule has 2 aromatic heterocycles. The van der Waals surface area contributed by atoms with Gasteiger partial charge in [0.05, 0.1) is 17.8 Å². The first-order valence-corrected chi connectivity index (χ1v) is 11.8. The van der Waals surface area contributed by atoms with Gasteiger partial charge in [0.1, 0.15) is 11.6 Å². The summed E-state index contributed by atoms with van der Waals surface area (Å²) in [5.74, 6) is -1.89. The first-order chi connectivity index (χ1) is 18.0. The lowest BCUT2D eigenvalue weighted by atomic mass is 9.80. The maximum atomic E-state index is 14.4. The highest BCUT2D eigenvalue weighted by Gasteiger charge is 2.39. The highest BCUT2D eigenvalue weighted by atomic mass is 19.1. The van der Waals surface area contributed by atoms with Crippen molar-refractivity contribution in [3.05, 3.63) is 131 Å². The maximum Gasteiger partial charge on any atom is 0.276 e. The van der Waals surface area contributed by atoms with E-state index in [1.54, 1.807) is 9.58 Å². The van der Waals surface area contributed by atoms with Crippen LogP contribution < -0.4 is 0 Å². The number of fused-ring (bicyclic) bond motifs is 1. The standard InChI is InChI=1S/C29H22F2N4O2/c1-34-16-19(15-32-34)24-17-35(28(18-7-3-2-4-8-18)22-10-6-5-9-21(22)24)29(36)26-14-27(37-33-26)23-12-11-20(30)13-25(23)31/h2-16,24,28H,17H2,1H3. The van der Waals surface area contributed by atoms with Crippen LogP contribution in [0, 0.1) is 11.6 Å². The Morgan fingerprint density at radius 1 is 0.946 bits per heavy atom. The summed E-state index contributed by atoms with van der Waals surface area (Å²) in [7, 11) is 1.86. The lowest BCUT2D eigenvalue weighted by molar-refractivity contribution is 0.0672. The molecule has 0 saturated heterocycles. The molecule has 0 spiro atoms. The van der Waals surface area contributed by atoms with Crippen LogP contribution in [-0.2, 0) is 7.05 Å². The van der Waals surface area contributed by atoms with Crippen LogP contribution in [0.1, 0.15) is 44.7 Å². The SMILES string of the molecule is Cn1cc(C2CN(C(=O)c3cc(-c4ccc(F)cc4F)on3)C(c3ccccc3)c3ccccc32)cn1. The van der Waals surface area contributed by atoms with Gasteiger partial charge in [0.25, 0.3) is 5.91 Å². The van der Waals surface area contributed by atoms with Crippen LogP contribution in [0.15, 0.2) is 95.8 Å². The first kappa shape index (κ1) is 22.8. The third-order valence-corrected chi connectivity index (χ3v) is 6.79. The molecule has 1 aliphatic rings. The zero-order valence-electron chi connectivity index (χ0n) is 19.9. The van der Waals surface area contributed by atoms with Crippen LogP contribution in [0.3, 0.4) is 0 Å². The highest BCUT2D eigenvalue weighted by molar-refractivity contribution is 5.94. The van der Waals surface area contributed by atoms with Crippen molar-refractivity contribution in [3.8, 4) is 11.3 Å². The van der Waals surface area contributed by atoms with E-state index in [0.717, 1.165) is 34.4 Å². The average molecular weight is 497 g/mol. The molecule has 5 aromatic rings. The molecule has 1 amide bonds. The number of amides is 1.